The minimum atomic E-state index is -4.60. The highest BCUT2D eigenvalue weighted by molar-refractivity contribution is 6.33. The SMILES string of the molecule is O=C(COC(=O)[C@H]1CC(=O)N(Cc2ccccc2)C1)Nc1cc(C(F)(F)F)ccc1Cl. The van der Waals surface area contributed by atoms with Crippen molar-refractivity contribution in [3.63, 3.8) is 0 Å². The molecule has 31 heavy (non-hydrogen) atoms. The second kappa shape index (κ2) is 9.38. The Morgan fingerprint density at radius 3 is 2.55 bits per heavy atom. The smallest absolute Gasteiger partial charge is 0.416 e. The molecule has 10 heteroatoms. The molecule has 2 aromatic carbocycles. The lowest BCUT2D eigenvalue weighted by Crippen LogP contribution is -2.28. The number of likely N-dealkylation sites (tertiary alicyclic amines) is 1. The van der Waals surface area contributed by atoms with Crippen LogP contribution in [0.2, 0.25) is 5.02 Å². The van der Waals surface area contributed by atoms with Gasteiger partial charge in [0.2, 0.25) is 5.91 Å². The number of hydrogen-bond donors (Lipinski definition) is 1. The minimum Gasteiger partial charge on any atom is -0.455 e. The lowest BCUT2D eigenvalue weighted by molar-refractivity contribution is -0.151. The van der Waals surface area contributed by atoms with Gasteiger partial charge in [-0.25, -0.2) is 0 Å². The molecule has 1 heterocycles. The van der Waals surface area contributed by atoms with E-state index < -0.39 is 36.1 Å². The van der Waals surface area contributed by atoms with Crippen molar-refractivity contribution in [3.8, 4) is 0 Å². The van der Waals surface area contributed by atoms with Crippen LogP contribution in [0.5, 0.6) is 0 Å². The number of carbonyl (C=O) groups is 3. The fraction of sp³-hybridized carbons (Fsp3) is 0.286. The van der Waals surface area contributed by atoms with Gasteiger partial charge in [0, 0.05) is 19.5 Å². The summed E-state index contributed by atoms with van der Waals surface area (Å²) in [5.41, 5.74) is -0.308. The van der Waals surface area contributed by atoms with E-state index in [1.807, 2.05) is 30.3 Å². The third-order valence-corrected chi connectivity index (χ3v) is 5.01. The zero-order valence-corrected chi connectivity index (χ0v) is 16.9. The first-order valence-corrected chi connectivity index (χ1v) is 9.66. The van der Waals surface area contributed by atoms with Gasteiger partial charge < -0.3 is 15.0 Å². The number of nitrogens with zero attached hydrogens (tertiary/aromatic N) is 1. The van der Waals surface area contributed by atoms with Crippen LogP contribution in [0.1, 0.15) is 17.5 Å². The number of anilines is 1. The Morgan fingerprint density at radius 2 is 1.87 bits per heavy atom. The maximum atomic E-state index is 12.8. The van der Waals surface area contributed by atoms with Crippen LogP contribution in [0, 0.1) is 5.92 Å². The summed E-state index contributed by atoms with van der Waals surface area (Å²) in [7, 11) is 0. The second-order valence-corrected chi connectivity index (χ2v) is 7.42. The molecule has 0 aliphatic carbocycles. The zero-order valence-electron chi connectivity index (χ0n) is 16.1. The van der Waals surface area contributed by atoms with E-state index in [2.05, 4.69) is 5.32 Å². The number of halogens is 4. The number of alkyl halides is 3. The molecule has 0 bridgehead atoms. The van der Waals surface area contributed by atoms with Crippen LogP contribution >= 0.6 is 11.6 Å². The molecule has 1 aliphatic rings. The van der Waals surface area contributed by atoms with Crippen molar-refractivity contribution < 1.29 is 32.3 Å². The van der Waals surface area contributed by atoms with Crippen LogP contribution in [0.25, 0.3) is 0 Å². The van der Waals surface area contributed by atoms with Crippen LogP contribution in [0.4, 0.5) is 18.9 Å². The first kappa shape index (κ1) is 22.6. The maximum Gasteiger partial charge on any atom is 0.416 e. The third kappa shape index (κ3) is 5.97. The van der Waals surface area contributed by atoms with E-state index in [0.29, 0.717) is 12.6 Å². The predicted octanol–water partition coefficient (Wildman–Crippen LogP) is 3.89. The number of amides is 2. The highest BCUT2D eigenvalue weighted by Crippen LogP contribution is 2.33. The van der Waals surface area contributed by atoms with Crippen molar-refractivity contribution in [3.05, 3.63) is 64.7 Å². The summed E-state index contributed by atoms with van der Waals surface area (Å²) in [4.78, 5) is 37.9. The monoisotopic (exact) mass is 454 g/mol. The van der Waals surface area contributed by atoms with Gasteiger partial charge in [0.1, 0.15) is 0 Å². The standard InChI is InChI=1S/C21H18ClF3N2O4/c22-16-7-6-15(21(23,24)25)9-17(16)26-18(28)12-31-20(30)14-8-19(29)27(11-14)10-13-4-2-1-3-5-13/h1-7,9,14H,8,10-12H2,(H,26,28)/t14-/m0/s1. The highest BCUT2D eigenvalue weighted by atomic mass is 35.5. The first-order valence-electron chi connectivity index (χ1n) is 9.28. The van der Waals surface area contributed by atoms with E-state index in [1.54, 1.807) is 0 Å². The molecular formula is C21H18ClF3N2O4. The summed E-state index contributed by atoms with van der Waals surface area (Å²) in [5, 5.41) is 2.10. The first-order chi connectivity index (χ1) is 14.6. The fourth-order valence-electron chi connectivity index (χ4n) is 3.12. The second-order valence-electron chi connectivity index (χ2n) is 7.01. The number of ether oxygens (including phenoxy) is 1. The van der Waals surface area contributed by atoms with Crippen LogP contribution in [0.15, 0.2) is 48.5 Å². The molecule has 1 N–H and O–H groups in total. The molecule has 1 aliphatic heterocycles. The molecule has 2 amide bonds. The average Bonchev–Trinajstić information content (AvgIpc) is 3.08. The van der Waals surface area contributed by atoms with E-state index in [1.165, 1.54) is 4.90 Å². The van der Waals surface area contributed by atoms with Gasteiger partial charge in [0.25, 0.3) is 5.91 Å². The minimum absolute atomic E-state index is 0.0350. The Morgan fingerprint density at radius 1 is 1.16 bits per heavy atom. The Labute approximate surface area is 180 Å². The van der Waals surface area contributed by atoms with Crippen molar-refractivity contribution in [1.29, 1.82) is 0 Å². The number of rotatable bonds is 6. The molecule has 1 fully saturated rings. The highest BCUT2D eigenvalue weighted by Gasteiger charge is 2.35. The van der Waals surface area contributed by atoms with Crippen LogP contribution in [-0.2, 0) is 31.8 Å². The lowest BCUT2D eigenvalue weighted by Gasteiger charge is -2.16. The zero-order chi connectivity index (χ0) is 22.6. The number of benzene rings is 2. The molecular weight excluding hydrogens is 437 g/mol. The molecule has 2 aromatic rings. The Hall–Kier alpha value is -3.07. The summed E-state index contributed by atoms with van der Waals surface area (Å²) < 4.78 is 43.4. The van der Waals surface area contributed by atoms with Crippen molar-refractivity contribution in [1.82, 2.24) is 4.90 Å². The van der Waals surface area contributed by atoms with Gasteiger partial charge in [-0.2, -0.15) is 13.2 Å². The van der Waals surface area contributed by atoms with Crippen LogP contribution in [-0.4, -0.2) is 35.8 Å². The summed E-state index contributed by atoms with van der Waals surface area (Å²) in [6.45, 7) is -0.194. The van der Waals surface area contributed by atoms with Gasteiger partial charge in [-0.3, -0.25) is 14.4 Å². The molecule has 6 nitrogen and oxygen atoms in total. The number of carbonyl (C=O) groups excluding carboxylic acids is 3. The topological polar surface area (TPSA) is 75.7 Å². The molecule has 1 atom stereocenters. The van der Waals surface area contributed by atoms with Gasteiger partial charge in [-0.15, -0.1) is 0 Å². The van der Waals surface area contributed by atoms with E-state index in [0.717, 1.165) is 17.7 Å². The molecule has 164 valence electrons. The molecule has 0 aromatic heterocycles. The van der Waals surface area contributed by atoms with E-state index >= 15 is 0 Å². The average molecular weight is 455 g/mol. The van der Waals surface area contributed by atoms with Crippen LogP contribution in [0.3, 0.4) is 0 Å². The molecule has 0 spiro atoms. The van der Waals surface area contributed by atoms with Crippen molar-refractivity contribution in [2.75, 3.05) is 18.5 Å². The van der Waals surface area contributed by atoms with E-state index in [-0.39, 0.29) is 29.6 Å². The van der Waals surface area contributed by atoms with E-state index in [9.17, 15) is 27.6 Å². The largest absolute Gasteiger partial charge is 0.455 e. The van der Waals surface area contributed by atoms with Crippen LogP contribution < -0.4 is 5.32 Å². The molecule has 0 radical (unpaired) electrons. The molecule has 0 unspecified atom stereocenters. The Bertz CT molecular complexity index is 982. The predicted molar refractivity (Wildman–Crippen MR) is 106 cm³/mol. The molecule has 0 saturated carbocycles. The molecule has 3 rings (SSSR count). The Balaban J connectivity index is 1.52. The summed E-state index contributed by atoms with van der Waals surface area (Å²) >= 11 is 5.82. The number of esters is 1. The fourth-order valence-corrected chi connectivity index (χ4v) is 3.29. The van der Waals surface area contributed by atoms with Crippen molar-refractivity contribution in [2.24, 2.45) is 5.92 Å². The van der Waals surface area contributed by atoms with E-state index in [4.69, 9.17) is 16.3 Å². The summed E-state index contributed by atoms with van der Waals surface area (Å²) in [5.74, 6) is -2.50. The van der Waals surface area contributed by atoms with Gasteiger partial charge in [0.05, 0.1) is 22.2 Å². The normalized spacial score (nSPS) is 16.3. The lowest BCUT2D eigenvalue weighted by atomic mass is 10.1. The van der Waals surface area contributed by atoms with Crippen molar-refractivity contribution >= 4 is 35.1 Å². The maximum absolute atomic E-state index is 12.8. The summed E-state index contributed by atoms with van der Waals surface area (Å²) in [6.07, 6.45) is -4.64. The van der Waals surface area contributed by atoms with Gasteiger partial charge in [0.15, 0.2) is 6.61 Å². The summed E-state index contributed by atoms with van der Waals surface area (Å²) in [6, 6.07) is 11.8. The van der Waals surface area contributed by atoms with Gasteiger partial charge in [-0.1, -0.05) is 41.9 Å². The molecule has 1 saturated heterocycles. The third-order valence-electron chi connectivity index (χ3n) is 4.68. The van der Waals surface area contributed by atoms with Gasteiger partial charge >= 0.3 is 12.1 Å². The quantitative estimate of drug-likeness (QED) is 0.672. The van der Waals surface area contributed by atoms with Gasteiger partial charge in [-0.05, 0) is 23.8 Å². The Kier molecular flexibility index (Phi) is 6.84. The number of nitrogens with one attached hydrogen (secondary N) is 1. The number of hydrogen-bond acceptors (Lipinski definition) is 4. The van der Waals surface area contributed by atoms with Crippen molar-refractivity contribution in [2.45, 2.75) is 19.1 Å².